The highest BCUT2D eigenvalue weighted by atomic mass is 16.2. The predicted octanol–water partition coefficient (Wildman–Crippen LogP) is 2.00. The Morgan fingerprint density at radius 3 is 2.25 bits per heavy atom. The summed E-state index contributed by atoms with van der Waals surface area (Å²) in [6, 6.07) is 0.561. The molecule has 2 atom stereocenters. The monoisotopic (exact) mass is 283 g/mol. The number of piperidine rings is 1. The fourth-order valence-corrected chi connectivity index (χ4v) is 2.94. The minimum absolute atomic E-state index is 0.0235. The third-order valence-electron chi connectivity index (χ3n) is 4.23. The fraction of sp³-hybridized carbons (Fsp3) is 0.938. The molecule has 1 saturated heterocycles. The molecule has 1 heterocycles. The minimum Gasteiger partial charge on any atom is -0.350 e. The minimum atomic E-state index is -0.150. The molecule has 4 heteroatoms. The van der Waals surface area contributed by atoms with Crippen LogP contribution in [0.5, 0.6) is 0 Å². The molecule has 0 aromatic rings. The van der Waals surface area contributed by atoms with Gasteiger partial charge in [-0.05, 0) is 73.0 Å². The summed E-state index contributed by atoms with van der Waals surface area (Å²) in [7, 11) is 0. The van der Waals surface area contributed by atoms with E-state index in [0.717, 1.165) is 25.6 Å². The van der Waals surface area contributed by atoms with Crippen molar-refractivity contribution in [2.24, 2.45) is 5.92 Å². The van der Waals surface area contributed by atoms with Crippen molar-refractivity contribution in [1.82, 2.24) is 15.5 Å². The van der Waals surface area contributed by atoms with Gasteiger partial charge in [-0.3, -0.25) is 9.69 Å². The number of amides is 1. The first-order valence-electron chi connectivity index (χ1n) is 8.04. The van der Waals surface area contributed by atoms with Crippen LogP contribution in [0.25, 0.3) is 0 Å². The molecule has 0 bridgehead atoms. The van der Waals surface area contributed by atoms with Gasteiger partial charge in [0, 0.05) is 11.6 Å². The van der Waals surface area contributed by atoms with Crippen molar-refractivity contribution in [3.63, 3.8) is 0 Å². The van der Waals surface area contributed by atoms with Crippen molar-refractivity contribution in [2.45, 2.75) is 72.0 Å². The molecule has 0 spiro atoms. The lowest BCUT2D eigenvalue weighted by Crippen LogP contribution is -2.53. The van der Waals surface area contributed by atoms with Crippen LogP contribution in [0.15, 0.2) is 0 Å². The lowest BCUT2D eigenvalue weighted by Gasteiger charge is -2.38. The van der Waals surface area contributed by atoms with E-state index in [1.807, 2.05) is 27.7 Å². The second-order valence-corrected chi connectivity index (χ2v) is 7.13. The van der Waals surface area contributed by atoms with E-state index >= 15 is 0 Å². The standard InChI is InChI=1S/C16H33N3O/c1-7-17-12(2)14-8-10-19(11-9-14)13(3)15(20)18-16(4,5)6/h12-14,17H,7-11H2,1-6H3,(H,18,20). The van der Waals surface area contributed by atoms with Gasteiger partial charge in [0.1, 0.15) is 0 Å². The summed E-state index contributed by atoms with van der Waals surface area (Å²) in [4.78, 5) is 14.5. The number of nitrogens with one attached hydrogen (secondary N) is 2. The van der Waals surface area contributed by atoms with Crippen LogP contribution in [0.3, 0.4) is 0 Å². The van der Waals surface area contributed by atoms with Gasteiger partial charge in [-0.2, -0.15) is 0 Å². The summed E-state index contributed by atoms with van der Waals surface area (Å²) in [5, 5.41) is 6.59. The molecule has 0 aliphatic carbocycles. The zero-order valence-electron chi connectivity index (χ0n) is 14.1. The summed E-state index contributed by atoms with van der Waals surface area (Å²) in [5.74, 6) is 0.889. The van der Waals surface area contributed by atoms with Crippen LogP contribution >= 0.6 is 0 Å². The number of hydrogen-bond acceptors (Lipinski definition) is 3. The first-order valence-corrected chi connectivity index (χ1v) is 8.04. The number of likely N-dealkylation sites (tertiary alicyclic amines) is 1. The first kappa shape index (κ1) is 17.4. The summed E-state index contributed by atoms with van der Waals surface area (Å²) in [6.07, 6.45) is 2.36. The molecule has 1 amide bonds. The number of rotatable bonds is 5. The van der Waals surface area contributed by atoms with Gasteiger partial charge in [-0.1, -0.05) is 6.92 Å². The van der Waals surface area contributed by atoms with E-state index in [9.17, 15) is 4.79 Å². The summed E-state index contributed by atoms with van der Waals surface area (Å²) in [6.45, 7) is 15.6. The van der Waals surface area contributed by atoms with Crippen molar-refractivity contribution in [3.05, 3.63) is 0 Å². The van der Waals surface area contributed by atoms with Crippen LogP contribution in [0.2, 0.25) is 0 Å². The molecule has 0 radical (unpaired) electrons. The van der Waals surface area contributed by atoms with E-state index < -0.39 is 0 Å². The largest absolute Gasteiger partial charge is 0.350 e. The third-order valence-corrected chi connectivity index (χ3v) is 4.23. The van der Waals surface area contributed by atoms with Crippen LogP contribution < -0.4 is 10.6 Å². The quantitative estimate of drug-likeness (QED) is 0.811. The Kier molecular flexibility index (Phi) is 6.46. The highest BCUT2D eigenvalue weighted by Crippen LogP contribution is 2.22. The highest BCUT2D eigenvalue weighted by Gasteiger charge is 2.29. The summed E-state index contributed by atoms with van der Waals surface area (Å²) < 4.78 is 0. The van der Waals surface area contributed by atoms with Crippen molar-refractivity contribution in [2.75, 3.05) is 19.6 Å². The maximum Gasteiger partial charge on any atom is 0.237 e. The van der Waals surface area contributed by atoms with E-state index in [-0.39, 0.29) is 17.5 Å². The van der Waals surface area contributed by atoms with Gasteiger partial charge in [0.05, 0.1) is 6.04 Å². The Hall–Kier alpha value is -0.610. The fourth-order valence-electron chi connectivity index (χ4n) is 2.94. The maximum atomic E-state index is 12.2. The van der Waals surface area contributed by atoms with E-state index in [4.69, 9.17) is 0 Å². The zero-order chi connectivity index (χ0) is 15.3. The Morgan fingerprint density at radius 1 is 1.25 bits per heavy atom. The molecule has 1 aliphatic heterocycles. The number of carbonyl (C=O) groups excluding carboxylic acids is 1. The van der Waals surface area contributed by atoms with Crippen molar-refractivity contribution < 1.29 is 4.79 Å². The lowest BCUT2D eigenvalue weighted by atomic mass is 9.89. The highest BCUT2D eigenvalue weighted by molar-refractivity contribution is 5.81. The molecule has 4 nitrogen and oxygen atoms in total. The SMILES string of the molecule is CCNC(C)C1CCN(C(C)C(=O)NC(C)(C)C)CC1. The molecular formula is C16H33N3O. The zero-order valence-corrected chi connectivity index (χ0v) is 14.1. The molecule has 1 rings (SSSR count). The molecule has 2 N–H and O–H groups in total. The second kappa shape index (κ2) is 7.41. The van der Waals surface area contributed by atoms with Crippen molar-refractivity contribution in [1.29, 1.82) is 0 Å². The second-order valence-electron chi connectivity index (χ2n) is 7.13. The number of carbonyl (C=O) groups is 1. The Labute approximate surface area is 124 Å². The Bertz CT molecular complexity index is 303. The first-order chi connectivity index (χ1) is 9.24. The molecule has 0 saturated carbocycles. The van der Waals surface area contributed by atoms with Gasteiger partial charge in [0.25, 0.3) is 0 Å². The molecule has 1 aliphatic rings. The van der Waals surface area contributed by atoms with E-state index in [1.54, 1.807) is 0 Å². The average Bonchev–Trinajstić information content (AvgIpc) is 2.36. The molecule has 2 unspecified atom stereocenters. The van der Waals surface area contributed by atoms with Gasteiger partial charge >= 0.3 is 0 Å². The molecular weight excluding hydrogens is 250 g/mol. The predicted molar refractivity (Wildman–Crippen MR) is 84.8 cm³/mol. The Morgan fingerprint density at radius 2 is 1.80 bits per heavy atom. The van der Waals surface area contributed by atoms with Gasteiger partial charge in [0.2, 0.25) is 5.91 Å². The summed E-state index contributed by atoms with van der Waals surface area (Å²) in [5.41, 5.74) is -0.150. The number of hydrogen-bond donors (Lipinski definition) is 2. The topological polar surface area (TPSA) is 44.4 Å². The molecule has 118 valence electrons. The van der Waals surface area contributed by atoms with E-state index in [1.165, 1.54) is 12.8 Å². The summed E-state index contributed by atoms with van der Waals surface area (Å²) >= 11 is 0. The molecule has 1 fully saturated rings. The van der Waals surface area contributed by atoms with Crippen LogP contribution in [0.4, 0.5) is 0 Å². The van der Waals surface area contributed by atoms with Gasteiger partial charge in [-0.15, -0.1) is 0 Å². The molecule has 0 aromatic carbocycles. The van der Waals surface area contributed by atoms with Crippen molar-refractivity contribution >= 4 is 5.91 Å². The third kappa shape index (κ3) is 5.41. The van der Waals surface area contributed by atoms with E-state index in [0.29, 0.717) is 6.04 Å². The smallest absolute Gasteiger partial charge is 0.237 e. The van der Waals surface area contributed by atoms with Gasteiger partial charge in [0.15, 0.2) is 0 Å². The van der Waals surface area contributed by atoms with Crippen LogP contribution in [-0.2, 0) is 4.79 Å². The van der Waals surface area contributed by atoms with Gasteiger partial charge < -0.3 is 10.6 Å². The molecule has 0 aromatic heterocycles. The average molecular weight is 283 g/mol. The molecule has 20 heavy (non-hydrogen) atoms. The van der Waals surface area contributed by atoms with Crippen LogP contribution in [0, 0.1) is 5.92 Å². The normalized spacial score (nSPS) is 21.5. The van der Waals surface area contributed by atoms with Gasteiger partial charge in [-0.25, -0.2) is 0 Å². The van der Waals surface area contributed by atoms with Crippen LogP contribution in [0.1, 0.15) is 54.4 Å². The Balaban J connectivity index is 2.42. The van der Waals surface area contributed by atoms with E-state index in [2.05, 4.69) is 29.4 Å². The van der Waals surface area contributed by atoms with Crippen LogP contribution in [-0.4, -0.2) is 48.1 Å². The number of nitrogens with zero attached hydrogens (tertiary/aromatic N) is 1. The van der Waals surface area contributed by atoms with Crippen molar-refractivity contribution in [3.8, 4) is 0 Å². The maximum absolute atomic E-state index is 12.2. The lowest BCUT2D eigenvalue weighted by molar-refractivity contribution is -0.127.